The molecule has 2 atom stereocenters. The monoisotopic (exact) mass is 256 g/mol. The van der Waals surface area contributed by atoms with Gasteiger partial charge in [-0.15, -0.1) is 11.8 Å². The summed E-state index contributed by atoms with van der Waals surface area (Å²) in [5.74, 6) is 0.587. The van der Waals surface area contributed by atoms with Gasteiger partial charge < -0.3 is 15.5 Å². The molecule has 17 heavy (non-hydrogen) atoms. The molecule has 0 radical (unpaired) electrons. The van der Waals surface area contributed by atoms with Crippen molar-refractivity contribution in [2.24, 2.45) is 5.73 Å². The molecule has 0 aromatic carbocycles. The lowest BCUT2D eigenvalue weighted by Crippen LogP contribution is -2.52. The van der Waals surface area contributed by atoms with Crippen molar-refractivity contribution in [1.82, 2.24) is 5.32 Å². The molecule has 3 N–H and O–H groups in total. The second-order valence-electron chi connectivity index (χ2n) is 4.42. The first-order chi connectivity index (χ1) is 7.89. The third-order valence-electron chi connectivity index (χ3n) is 2.93. The van der Waals surface area contributed by atoms with Gasteiger partial charge in [-0.3, -0.25) is 4.79 Å². The highest BCUT2D eigenvalue weighted by Crippen LogP contribution is 2.31. The van der Waals surface area contributed by atoms with Crippen LogP contribution >= 0.6 is 11.8 Å². The topological polar surface area (TPSA) is 68.3 Å². The van der Waals surface area contributed by atoms with E-state index in [0.717, 1.165) is 10.7 Å². The number of likely N-dealkylation sites (N-methyl/N-ethyl adjacent to an activating group) is 1. The van der Waals surface area contributed by atoms with Gasteiger partial charge in [-0.2, -0.15) is 0 Å². The van der Waals surface area contributed by atoms with Crippen LogP contribution in [0.15, 0.2) is 21.6 Å². The predicted molar refractivity (Wildman–Crippen MR) is 70.0 cm³/mol. The summed E-state index contributed by atoms with van der Waals surface area (Å²) < 4.78 is 5.24. The maximum Gasteiger partial charge on any atom is 0.237 e. The fourth-order valence-corrected chi connectivity index (χ4v) is 2.85. The number of carbonyl (C=O) groups is 1. The number of nitrogens with two attached hydrogens (primary N) is 1. The summed E-state index contributed by atoms with van der Waals surface area (Å²) in [7, 11) is 1.76. The average molecular weight is 256 g/mol. The molecule has 0 spiro atoms. The highest BCUT2D eigenvalue weighted by atomic mass is 32.2. The van der Waals surface area contributed by atoms with Crippen molar-refractivity contribution in [1.29, 1.82) is 0 Å². The Balaban J connectivity index is 2.63. The molecule has 1 amide bonds. The molecule has 0 aliphatic rings. The molecule has 1 heterocycles. The minimum absolute atomic E-state index is 0.274. The Labute approximate surface area is 106 Å². The number of thioether (sulfide) groups is 1. The Morgan fingerprint density at radius 2 is 2.35 bits per heavy atom. The summed E-state index contributed by atoms with van der Waals surface area (Å²) in [6.45, 7) is 5.84. The summed E-state index contributed by atoms with van der Waals surface area (Å²) in [6.07, 6.45) is 2.35. The molecule has 96 valence electrons. The van der Waals surface area contributed by atoms with Gasteiger partial charge in [0.1, 0.15) is 5.76 Å². The van der Waals surface area contributed by atoms with E-state index in [-0.39, 0.29) is 11.2 Å². The zero-order valence-corrected chi connectivity index (χ0v) is 11.6. The molecule has 0 fully saturated rings. The van der Waals surface area contributed by atoms with Crippen molar-refractivity contribution >= 4 is 17.7 Å². The van der Waals surface area contributed by atoms with Gasteiger partial charge in [-0.1, -0.05) is 6.92 Å². The molecule has 1 rings (SSSR count). The van der Waals surface area contributed by atoms with Gasteiger partial charge in [0.25, 0.3) is 0 Å². The van der Waals surface area contributed by atoms with E-state index in [9.17, 15) is 4.79 Å². The summed E-state index contributed by atoms with van der Waals surface area (Å²) in [5.41, 5.74) is 4.74. The third kappa shape index (κ3) is 3.51. The van der Waals surface area contributed by atoms with Crippen LogP contribution < -0.4 is 11.1 Å². The SMILES string of the molecule is CNC(C)(CC(C)Sc1ccoc1C)C(N)=O. The Morgan fingerprint density at radius 3 is 2.76 bits per heavy atom. The van der Waals surface area contributed by atoms with E-state index in [1.165, 1.54) is 0 Å². The molecule has 2 unspecified atom stereocenters. The van der Waals surface area contributed by atoms with Crippen LogP contribution in [-0.4, -0.2) is 23.7 Å². The Kier molecular flexibility index (Phi) is 4.65. The molecule has 0 aliphatic heterocycles. The molecular weight excluding hydrogens is 236 g/mol. The minimum Gasteiger partial charge on any atom is -0.468 e. The van der Waals surface area contributed by atoms with Crippen LogP contribution in [0.2, 0.25) is 0 Å². The molecular formula is C12H20N2O2S. The van der Waals surface area contributed by atoms with Gasteiger partial charge in [0.2, 0.25) is 5.91 Å². The first kappa shape index (κ1) is 14.1. The largest absolute Gasteiger partial charge is 0.468 e. The highest BCUT2D eigenvalue weighted by Gasteiger charge is 2.31. The van der Waals surface area contributed by atoms with E-state index >= 15 is 0 Å². The van der Waals surface area contributed by atoms with Crippen LogP contribution in [0.5, 0.6) is 0 Å². The van der Waals surface area contributed by atoms with Gasteiger partial charge in [-0.25, -0.2) is 0 Å². The number of aryl methyl sites for hydroxylation is 1. The predicted octanol–water partition coefficient (Wildman–Crippen LogP) is 1.92. The summed E-state index contributed by atoms with van der Waals surface area (Å²) >= 11 is 1.69. The van der Waals surface area contributed by atoms with Crippen molar-refractivity contribution in [2.45, 2.75) is 42.9 Å². The van der Waals surface area contributed by atoms with Crippen LogP contribution in [0.1, 0.15) is 26.0 Å². The maximum atomic E-state index is 11.4. The van der Waals surface area contributed by atoms with Crippen molar-refractivity contribution < 1.29 is 9.21 Å². The van der Waals surface area contributed by atoms with Crippen LogP contribution in [-0.2, 0) is 4.79 Å². The van der Waals surface area contributed by atoms with Crippen molar-refractivity contribution in [3.63, 3.8) is 0 Å². The lowest BCUT2D eigenvalue weighted by molar-refractivity contribution is -0.123. The first-order valence-electron chi connectivity index (χ1n) is 5.58. The number of hydrogen-bond donors (Lipinski definition) is 2. The molecule has 0 aliphatic carbocycles. The van der Waals surface area contributed by atoms with E-state index in [4.69, 9.17) is 10.2 Å². The van der Waals surface area contributed by atoms with Crippen molar-refractivity contribution in [2.75, 3.05) is 7.05 Å². The second kappa shape index (κ2) is 5.60. The summed E-state index contributed by atoms with van der Waals surface area (Å²) in [4.78, 5) is 12.5. The lowest BCUT2D eigenvalue weighted by atomic mass is 9.95. The van der Waals surface area contributed by atoms with E-state index in [0.29, 0.717) is 6.42 Å². The quantitative estimate of drug-likeness (QED) is 0.763. The van der Waals surface area contributed by atoms with Crippen LogP contribution in [0.25, 0.3) is 0 Å². The van der Waals surface area contributed by atoms with Gasteiger partial charge in [0, 0.05) is 10.1 Å². The Morgan fingerprint density at radius 1 is 1.71 bits per heavy atom. The fraction of sp³-hybridized carbons (Fsp3) is 0.583. The van der Waals surface area contributed by atoms with E-state index < -0.39 is 5.54 Å². The number of furan rings is 1. The number of hydrogen-bond acceptors (Lipinski definition) is 4. The molecule has 1 aromatic heterocycles. The zero-order chi connectivity index (χ0) is 13.1. The third-order valence-corrected chi connectivity index (χ3v) is 4.18. The molecule has 1 aromatic rings. The van der Waals surface area contributed by atoms with Crippen LogP contribution in [0, 0.1) is 6.92 Å². The number of rotatable bonds is 6. The Hall–Kier alpha value is -0.940. The van der Waals surface area contributed by atoms with E-state index in [1.54, 1.807) is 25.1 Å². The van der Waals surface area contributed by atoms with Gasteiger partial charge in [0.15, 0.2) is 0 Å². The first-order valence-corrected chi connectivity index (χ1v) is 6.46. The molecule has 0 saturated heterocycles. The molecule has 4 nitrogen and oxygen atoms in total. The van der Waals surface area contributed by atoms with Gasteiger partial charge >= 0.3 is 0 Å². The fourth-order valence-electron chi connectivity index (χ4n) is 1.65. The maximum absolute atomic E-state index is 11.4. The lowest BCUT2D eigenvalue weighted by Gasteiger charge is -2.28. The van der Waals surface area contributed by atoms with E-state index in [2.05, 4.69) is 12.2 Å². The molecule has 0 saturated carbocycles. The zero-order valence-electron chi connectivity index (χ0n) is 10.7. The van der Waals surface area contributed by atoms with Gasteiger partial charge in [-0.05, 0) is 33.4 Å². The van der Waals surface area contributed by atoms with Crippen LogP contribution in [0.4, 0.5) is 0 Å². The normalized spacial score (nSPS) is 16.5. The summed E-state index contributed by atoms with van der Waals surface area (Å²) in [5, 5.41) is 3.27. The number of amides is 1. The number of carbonyl (C=O) groups excluding carboxylic acids is 1. The number of primary amides is 1. The van der Waals surface area contributed by atoms with Gasteiger partial charge in [0.05, 0.1) is 11.8 Å². The standard InChI is InChI=1S/C12H20N2O2S/c1-8(7-12(3,14-4)11(13)15)17-10-5-6-16-9(10)2/h5-6,8,14H,7H2,1-4H3,(H2,13,15). The molecule has 5 heteroatoms. The molecule has 0 bridgehead atoms. The second-order valence-corrected chi connectivity index (χ2v) is 5.90. The van der Waals surface area contributed by atoms with Crippen LogP contribution in [0.3, 0.4) is 0 Å². The smallest absolute Gasteiger partial charge is 0.237 e. The highest BCUT2D eigenvalue weighted by molar-refractivity contribution is 8.00. The minimum atomic E-state index is -0.663. The average Bonchev–Trinajstić information content (AvgIpc) is 2.63. The number of nitrogens with one attached hydrogen (secondary N) is 1. The van der Waals surface area contributed by atoms with E-state index in [1.807, 2.05) is 19.9 Å². The van der Waals surface area contributed by atoms with Crippen molar-refractivity contribution in [3.05, 3.63) is 18.1 Å². The van der Waals surface area contributed by atoms with Crippen molar-refractivity contribution in [3.8, 4) is 0 Å². The Bertz CT molecular complexity index is 392. The summed E-state index contributed by atoms with van der Waals surface area (Å²) in [6, 6.07) is 1.94.